The van der Waals surface area contributed by atoms with Gasteiger partial charge in [-0.25, -0.2) is 9.37 Å². The molecular formula is C17H16FN5. The van der Waals surface area contributed by atoms with E-state index in [-0.39, 0.29) is 5.82 Å². The summed E-state index contributed by atoms with van der Waals surface area (Å²) in [5.41, 5.74) is 2.41. The Hall–Kier alpha value is -3.02. The Balaban J connectivity index is 1.95. The molecule has 116 valence electrons. The van der Waals surface area contributed by atoms with Crippen LogP contribution in [0.3, 0.4) is 0 Å². The van der Waals surface area contributed by atoms with Crippen LogP contribution in [0.5, 0.6) is 0 Å². The van der Waals surface area contributed by atoms with Crippen LogP contribution in [0.15, 0.2) is 54.9 Å². The van der Waals surface area contributed by atoms with E-state index in [1.54, 1.807) is 24.5 Å². The van der Waals surface area contributed by atoms with E-state index in [1.165, 1.54) is 12.1 Å². The number of nitrogens with zero attached hydrogens (tertiary/aromatic N) is 3. The number of anilines is 3. The van der Waals surface area contributed by atoms with Crippen LogP contribution in [0.4, 0.5) is 21.8 Å². The average Bonchev–Trinajstić information content (AvgIpc) is 2.58. The van der Waals surface area contributed by atoms with Gasteiger partial charge in [0.15, 0.2) is 0 Å². The molecule has 1 aromatic carbocycles. The highest BCUT2D eigenvalue weighted by molar-refractivity contribution is 5.66. The molecule has 2 N–H and O–H groups in total. The number of rotatable bonds is 5. The number of hydrogen-bond donors (Lipinski definition) is 2. The molecule has 0 atom stereocenters. The lowest BCUT2D eigenvalue weighted by atomic mass is 10.2. The molecule has 2 aromatic heterocycles. The Labute approximate surface area is 133 Å². The van der Waals surface area contributed by atoms with Crippen molar-refractivity contribution < 1.29 is 4.39 Å². The third-order valence-corrected chi connectivity index (χ3v) is 3.13. The van der Waals surface area contributed by atoms with E-state index in [0.29, 0.717) is 18.3 Å². The summed E-state index contributed by atoms with van der Waals surface area (Å²) in [4.78, 5) is 13.0. The third-order valence-electron chi connectivity index (χ3n) is 3.13. The van der Waals surface area contributed by atoms with Gasteiger partial charge in [-0.15, -0.1) is 0 Å². The molecule has 0 aliphatic rings. The molecule has 0 amide bonds. The molecule has 2 heterocycles. The summed E-state index contributed by atoms with van der Waals surface area (Å²) < 4.78 is 13.0. The summed E-state index contributed by atoms with van der Waals surface area (Å²) >= 11 is 0. The topological polar surface area (TPSA) is 62.7 Å². The van der Waals surface area contributed by atoms with E-state index in [4.69, 9.17) is 0 Å². The quantitative estimate of drug-likeness (QED) is 0.749. The smallest absolute Gasteiger partial charge is 0.225 e. The van der Waals surface area contributed by atoms with Crippen molar-refractivity contribution in [3.63, 3.8) is 0 Å². The number of benzene rings is 1. The third kappa shape index (κ3) is 3.79. The Kier molecular flexibility index (Phi) is 4.42. The molecule has 0 radical (unpaired) electrons. The number of aromatic nitrogens is 3. The molecule has 3 aromatic rings. The van der Waals surface area contributed by atoms with Crippen molar-refractivity contribution in [2.24, 2.45) is 0 Å². The van der Waals surface area contributed by atoms with E-state index in [9.17, 15) is 4.39 Å². The van der Waals surface area contributed by atoms with Crippen LogP contribution in [0, 0.1) is 5.82 Å². The van der Waals surface area contributed by atoms with E-state index < -0.39 is 0 Å². The molecule has 0 saturated heterocycles. The van der Waals surface area contributed by atoms with Crippen LogP contribution in [0.1, 0.15) is 6.92 Å². The van der Waals surface area contributed by atoms with Gasteiger partial charge in [0, 0.05) is 36.3 Å². The molecule has 0 saturated carbocycles. The first-order valence-corrected chi connectivity index (χ1v) is 7.30. The summed E-state index contributed by atoms with van der Waals surface area (Å²) in [6.45, 7) is 2.69. The zero-order valence-electron chi connectivity index (χ0n) is 12.6. The van der Waals surface area contributed by atoms with Crippen molar-refractivity contribution in [3.8, 4) is 11.3 Å². The van der Waals surface area contributed by atoms with Crippen molar-refractivity contribution >= 4 is 17.5 Å². The van der Waals surface area contributed by atoms with Crippen molar-refractivity contribution in [1.29, 1.82) is 0 Å². The van der Waals surface area contributed by atoms with Crippen LogP contribution in [-0.4, -0.2) is 21.5 Å². The van der Waals surface area contributed by atoms with Crippen molar-refractivity contribution in [2.75, 3.05) is 17.2 Å². The first-order valence-electron chi connectivity index (χ1n) is 7.30. The fourth-order valence-corrected chi connectivity index (χ4v) is 2.09. The molecule has 0 spiro atoms. The van der Waals surface area contributed by atoms with Gasteiger partial charge in [-0.05, 0) is 43.3 Å². The molecule has 0 bridgehead atoms. The largest absolute Gasteiger partial charge is 0.354 e. The standard InChI is InChI=1S/C17H16FN5/c1-2-20-17-22-15(12-4-3-9-19-11-12)10-16(23-17)21-14-7-5-13(18)6-8-14/h3-11H,2H2,1H3,(H2,20,21,22,23). The molecule has 0 aliphatic carbocycles. The van der Waals surface area contributed by atoms with Crippen LogP contribution >= 0.6 is 0 Å². The van der Waals surface area contributed by atoms with Crippen LogP contribution < -0.4 is 10.6 Å². The van der Waals surface area contributed by atoms with Gasteiger partial charge < -0.3 is 10.6 Å². The molecule has 0 unspecified atom stereocenters. The first kappa shape index (κ1) is 14.9. The molecule has 5 nitrogen and oxygen atoms in total. The van der Waals surface area contributed by atoms with Gasteiger partial charge in [-0.2, -0.15) is 4.98 Å². The van der Waals surface area contributed by atoms with Gasteiger partial charge in [0.25, 0.3) is 0 Å². The van der Waals surface area contributed by atoms with Crippen LogP contribution in [-0.2, 0) is 0 Å². The second kappa shape index (κ2) is 6.83. The van der Waals surface area contributed by atoms with Gasteiger partial charge in [-0.3, -0.25) is 4.98 Å². The van der Waals surface area contributed by atoms with E-state index in [1.807, 2.05) is 25.1 Å². The zero-order chi connectivity index (χ0) is 16.1. The summed E-state index contributed by atoms with van der Waals surface area (Å²) in [7, 11) is 0. The highest BCUT2D eigenvalue weighted by Crippen LogP contribution is 2.23. The first-order chi connectivity index (χ1) is 11.2. The average molecular weight is 309 g/mol. The van der Waals surface area contributed by atoms with Gasteiger partial charge in [0.2, 0.25) is 5.95 Å². The monoisotopic (exact) mass is 309 g/mol. The summed E-state index contributed by atoms with van der Waals surface area (Å²) in [5, 5.41) is 6.27. The molecule has 0 aliphatic heterocycles. The number of hydrogen-bond acceptors (Lipinski definition) is 5. The number of pyridine rings is 1. The Morgan fingerprint density at radius 2 is 1.91 bits per heavy atom. The number of nitrogens with one attached hydrogen (secondary N) is 2. The minimum atomic E-state index is -0.275. The van der Waals surface area contributed by atoms with Gasteiger partial charge in [0.05, 0.1) is 5.69 Å². The maximum atomic E-state index is 13.0. The summed E-state index contributed by atoms with van der Waals surface area (Å²) in [6.07, 6.45) is 3.47. The fraction of sp³-hybridized carbons (Fsp3) is 0.118. The predicted molar refractivity (Wildman–Crippen MR) is 89.1 cm³/mol. The summed E-state index contributed by atoms with van der Waals surface area (Å²) in [5.74, 6) is 0.877. The summed E-state index contributed by atoms with van der Waals surface area (Å²) in [6, 6.07) is 11.8. The van der Waals surface area contributed by atoms with Crippen LogP contribution in [0.25, 0.3) is 11.3 Å². The van der Waals surface area contributed by atoms with E-state index in [2.05, 4.69) is 25.6 Å². The van der Waals surface area contributed by atoms with E-state index >= 15 is 0 Å². The maximum Gasteiger partial charge on any atom is 0.225 e. The predicted octanol–water partition coefficient (Wildman–Crippen LogP) is 3.85. The lowest BCUT2D eigenvalue weighted by Crippen LogP contribution is -2.05. The second-order valence-electron chi connectivity index (χ2n) is 4.87. The van der Waals surface area contributed by atoms with Crippen molar-refractivity contribution in [2.45, 2.75) is 6.92 Å². The Morgan fingerprint density at radius 1 is 1.09 bits per heavy atom. The van der Waals surface area contributed by atoms with Gasteiger partial charge in [-0.1, -0.05) is 0 Å². The minimum Gasteiger partial charge on any atom is -0.354 e. The Morgan fingerprint density at radius 3 is 2.61 bits per heavy atom. The Bertz CT molecular complexity index is 775. The second-order valence-corrected chi connectivity index (χ2v) is 4.87. The van der Waals surface area contributed by atoms with Crippen molar-refractivity contribution in [1.82, 2.24) is 15.0 Å². The lowest BCUT2D eigenvalue weighted by molar-refractivity contribution is 0.628. The highest BCUT2D eigenvalue weighted by Gasteiger charge is 2.07. The molecule has 6 heteroatoms. The van der Waals surface area contributed by atoms with Gasteiger partial charge >= 0.3 is 0 Å². The molecule has 0 fully saturated rings. The number of halogens is 1. The lowest BCUT2D eigenvalue weighted by Gasteiger charge is -2.10. The molecular weight excluding hydrogens is 293 g/mol. The minimum absolute atomic E-state index is 0.275. The normalized spacial score (nSPS) is 10.3. The highest BCUT2D eigenvalue weighted by atomic mass is 19.1. The zero-order valence-corrected chi connectivity index (χ0v) is 12.6. The SMILES string of the molecule is CCNc1nc(Nc2ccc(F)cc2)cc(-c2cccnc2)n1. The van der Waals surface area contributed by atoms with Crippen LogP contribution in [0.2, 0.25) is 0 Å². The fourth-order valence-electron chi connectivity index (χ4n) is 2.09. The molecule has 23 heavy (non-hydrogen) atoms. The molecule has 3 rings (SSSR count). The van der Waals surface area contributed by atoms with Gasteiger partial charge in [0.1, 0.15) is 11.6 Å². The van der Waals surface area contributed by atoms with E-state index in [0.717, 1.165) is 16.9 Å². The van der Waals surface area contributed by atoms with Crippen molar-refractivity contribution in [3.05, 3.63) is 60.7 Å². The maximum absolute atomic E-state index is 13.0.